The lowest BCUT2D eigenvalue weighted by molar-refractivity contribution is 0.412. The van der Waals surface area contributed by atoms with Crippen molar-refractivity contribution in [1.29, 1.82) is 0 Å². The number of allylic oxidation sites excluding steroid dienone is 2. The standard InChI is InChI=1S/C10H11N3S/c1-13-9(7-3-4-7)8-5-6-14(2)10(8)11-12-13/h5-6H,2-4H2,1H3. The minimum Gasteiger partial charge on any atom is -0.249 e. The first-order chi connectivity index (χ1) is 6.77. The number of likely N-dealkylation sites (N-methyl/N-ethyl adjacent to an activating group) is 1. The van der Waals surface area contributed by atoms with Crippen molar-refractivity contribution in [2.24, 2.45) is 10.3 Å². The minimum absolute atomic E-state index is 0.0859. The van der Waals surface area contributed by atoms with E-state index in [0.717, 1.165) is 5.03 Å². The van der Waals surface area contributed by atoms with Gasteiger partial charge in [-0.1, -0.05) is 11.1 Å². The van der Waals surface area contributed by atoms with Crippen LogP contribution >= 0.6 is 10.5 Å². The van der Waals surface area contributed by atoms with Gasteiger partial charge in [-0.15, -0.1) is 15.6 Å². The molecule has 0 bridgehead atoms. The highest BCUT2D eigenvalue weighted by Gasteiger charge is 2.29. The molecule has 1 fully saturated rings. The third-order valence-electron chi connectivity index (χ3n) is 2.56. The molecular formula is C10H11N3S. The van der Waals surface area contributed by atoms with Gasteiger partial charge in [0.1, 0.15) is 5.03 Å². The summed E-state index contributed by atoms with van der Waals surface area (Å²) in [6, 6.07) is 0. The number of hydrogen-bond donors (Lipinski definition) is 0. The highest BCUT2D eigenvalue weighted by molar-refractivity contribution is 8.20. The monoisotopic (exact) mass is 205 g/mol. The van der Waals surface area contributed by atoms with Crippen molar-refractivity contribution < 1.29 is 0 Å². The molecule has 3 rings (SSSR count). The van der Waals surface area contributed by atoms with Crippen LogP contribution in [0.4, 0.5) is 0 Å². The predicted molar refractivity (Wildman–Crippen MR) is 59.8 cm³/mol. The highest BCUT2D eigenvalue weighted by atomic mass is 32.2. The van der Waals surface area contributed by atoms with Crippen molar-refractivity contribution >= 4 is 16.4 Å². The molecule has 1 aliphatic carbocycles. The van der Waals surface area contributed by atoms with Gasteiger partial charge in [0, 0.05) is 12.6 Å². The molecule has 0 radical (unpaired) electrons. The lowest BCUT2D eigenvalue weighted by Gasteiger charge is -2.20. The van der Waals surface area contributed by atoms with Gasteiger partial charge in [-0.25, -0.2) is 5.01 Å². The van der Waals surface area contributed by atoms with E-state index in [9.17, 15) is 0 Å². The molecule has 1 atom stereocenters. The molecule has 72 valence electrons. The van der Waals surface area contributed by atoms with Crippen LogP contribution < -0.4 is 0 Å². The molecule has 0 aromatic rings. The SMILES string of the molecule is C=S1C=CC2=C1N=NN(C)C2=C1CC1. The highest BCUT2D eigenvalue weighted by Crippen LogP contribution is 2.46. The van der Waals surface area contributed by atoms with E-state index in [1.807, 2.05) is 12.1 Å². The van der Waals surface area contributed by atoms with Crippen molar-refractivity contribution in [2.45, 2.75) is 12.8 Å². The molecule has 0 aromatic carbocycles. The Balaban J connectivity index is 2.19. The molecule has 0 N–H and O–H groups in total. The molecule has 2 aliphatic heterocycles. The first-order valence-corrected chi connectivity index (χ1v) is 6.06. The van der Waals surface area contributed by atoms with Gasteiger partial charge in [0.15, 0.2) is 0 Å². The van der Waals surface area contributed by atoms with Gasteiger partial charge in [0.05, 0.1) is 5.70 Å². The zero-order valence-corrected chi connectivity index (χ0v) is 8.84. The van der Waals surface area contributed by atoms with E-state index in [2.05, 4.69) is 27.7 Å². The second-order valence-corrected chi connectivity index (χ2v) is 5.13. The van der Waals surface area contributed by atoms with Crippen LogP contribution in [0.1, 0.15) is 12.8 Å². The van der Waals surface area contributed by atoms with E-state index in [1.165, 1.54) is 29.7 Å². The van der Waals surface area contributed by atoms with Crippen molar-refractivity contribution in [3.05, 3.63) is 33.4 Å². The van der Waals surface area contributed by atoms with Crippen LogP contribution in [0.25, 0.3) is 0 Å². The lowest BCUT2D eigenvalue weighted by Crippen LogP contribution is -2.14. The average molecular weight is 205 g/mol. The molecule has 3 aliphatic rings. The normalized spacial score (nSPS) is 28.9. The lowest BCUT2D eigenvalue weighted by atomic mass is 10.2. The van der Waals surface area contributed by atoms with Gasteiger partial charge in [-0.3, -0.25) is 0 Å². The number of nitrogens with zero attached hydrogens (tertiary/aromatic N) is 3. The van der Waals surface area contributed by atoms with Crippen molar-refractivity contribution in [3.8, 4) is 0 Å². The molecule has 14 heavy (non-hydrogen) atoms. The summed E-state index contributed by atoms with van der Waals surface area (Å²) < 4.78 is 0. The van der Waals surface area contributed by atoms with Crippen LogP contribution in [0.5, 0.6) is 0 Å². The zero-order chi connectivity index (χ0) is 9.71. The fourth-order valence-corrected chi connectivity index (χ4v) is 2.78. The largest absolute Gasteiger partial charge is 0.249 e. The summed E-state index contributed by atoms with van der Waals surface area (Å²) in [7, 11) is 1.87. The van der Waals surface area contributed by atoms with Gasteiger partial charge < -0.3 is 0 Å². The van der Waals surface area contributed by atoms with E-state index in [4.69, 9.17) is 0 Å². The maximum atomic E-state index is 4.20. The molecule has 0 spiro atoms. The Bertz CT molecular complexity index is 448. The second kappa shape index (κ2) is 2.67. The average Bonchev–Trinajstić information content (AvgIpc) is 2.92. The summed E-state index contributed by atoms with van der Waals surface area (Å²) in [6.07, 6.45) is 4.57. The Hall–Kier alpha value is -1.16. The predicted octanol–water partition coefficient (Wildman–Crippen LogP) is 2.79. The fraction of sp³-hybridized carbons (Fsp3) is 0.300. The molecule has 1 unspecified atom stereocenters. The third kappa shape index (κ3) is 1.04. The van der Waals surface area contributed by atoms with Crippen LogP contribution in [0.3, 0.4) is 0 Å². The summed E-state index contributed by atoms with van der Waals surface area (Å²) in [5.74, 6) is 4.05. The quantitative estimate of drug-likeness (QED) is 0.559. The third-order valence-corrected chi connectivity index (χ3v) is 3.82. The van der Waals surface area contributed by atoms with E-state index < -0.39 is 0 Å². The molecule has 4 heteroatoms. The summed E-state index contributed by atoms with van der Waals surface area (Å²) in [4.78, 5) is 0. The summed E-state index contributed by atoms with van der Waals surface area (Å²) >= 11 is 0. The van der Waals surface area contributed by atoms with E-state index in [0.29, 0.717) is 0 Å². The molecule has 0 aromatic heterocycles. The summed E-state index contributed by atoms with van der Waals surface area (Å²) in [5, 5.41) is 13.4. The van der Waals surface area contributed by atoms with Gasteiger partial charge in [-0.2, -0.15) is 0 Å². The number of hydrogen-bond acceptors (Lipinski definition) is 3. The van der Waals surface area contributed by atoms with E-state index in [-0.39, 0.29) is 10.5 Å². The first kappa shape index (κ1) is 8.17. The first-order valence-electron chi connectivity index (χ1n) is 4.60. The minimum atomic E-state index is -0.0859. The van der Waals surface area contributed by atoms with E-state index in [1.54, 1.807) is 0 Å². The van der Waals surface area contributed by atoms with Crippen LogP contribution in [0.15, 0.2) is 43.7 Å². The molecule has 3 nitrogen and oxygen atoms in total. The Morgan fingerprint density at radius 3 is 3.00 bits per heavy atom. The maximum absolute atomic E-state index is 4.20. The molecule has 2 heterocycles. The van der Waals surface area contributed by atoms with Gasteiger partial charge in [0.2, 0.25) is 0 Å². The van der Waals surface area contributed by atoms with Crippen molar-refractivity contribution in [1.82, 2.24) is 5.01 Å². The Morgan fingerprint density at radius 1 is 1.50 bits per heavy atom. The van der Waals surface area contributed by atoms with Gasteiger partial charge in [-0.05, 0) is 29.9 Å². The Kier molecular flexibility index (Phi) is 1.56. The fourth-order valence-electron chi connectivity index (χ4n) is 1.76. The molecule has 0 amide bonds. The van der Waals surface area contributed by atoms with E-state index >= 15 is 0 Å². The van der Waals surface area contributed by atoms with Crippen LogP contribution in [-0.4, -0.2) is 17.9 Å². The topological polar surface area (TPSA) is 28.0 Å². The summed E-state index contributed by atoms with van der Waals surface area (Å²) in [6.45, 7) is 0. The van der Waals surface area contributed by atoms with Crippen LogP contribution in [0.2, 0.25) is 0 Å². The Morgan fingerprint density at radius 2 is 2.29 bits per heavy atom. The zero-order valence-electron chi connectivity index (χ0n) is 8.03. The molecule has 1 saturated carbocycles. The van der Waals surface area contributed by atoms with Crippen molar-refractivity contribution in [2.75, 3.05) is 7.05 Å². The van der Waals surface area contributed by atoms with Gasteiger partial charge >= 0.3 is 0 Å². The van der Waals surface area contributed by atoms with Crippen molar-refractivity contribution in [3.63, 3.8) is 0 Å². The number of rotatable bonds is 0. The smallest absolute Gasteiger partial charge is 0.128 e. The molecular weight excluding hydrogens is 194 g/mol. The van der Waals surface area contributed by atoms with Crippen LogP contribution in [0, 0.1) is 0 Å². The van der Waals surface area contributed by atoms with Crippen LogP contribution in [-0.2, 0) is 0 Å². The van der Waals surface area contributed by atoms with Gasteiger partial charge in [0.25, 0.3) is 0 Å². The molecule has 0 saturated heterocycles. The summed E-state index contributed by atoms with van der Waals surface area (Å²) in [5.41, 5.74) is 4.01. The maximum Gasteiger partial charge on any atom is 0.128 e. The second-order valence-electron chi connectivity index (χ2n) is 3.62. The Labute approximate surface area is 85.4 Å².